The number of anilines is 1. The lowest BCUT2D eigenvalue weighted by molar-refractivity contribution is -0.122. The number of phenolic OH excluding ortho intramolecular Hbond substituents is 1. The van der Waals surface area contributed by atoms with Gasteiger partial charge in [-0.15, -0.1) is 0 Å². The summed E-state index contributed by atoms with van der Waals surface area (Å²) in [5.41, 5.74) is 2.23. The summed E-state index contributed by atoms with van der Waals surface area (Å²) in [6.45, 7) is 1.43. The highest BCUT2D eigenvalue weighted by Gasteiger charge is 2.31. The van der Waals surface area contributed by atoms with E-state index in [4.69, 9.17) is 4.74 Å². The molecule has 9 heteroatoms. The summed E-state index contributed by atoms with van der Waals surface area (Å²) in [5, 5.41) is 10.1. The number of hydrogen-bond acceptors (Lipinski definition) is 6. The molecule has 1 heterocycles. The molecular formula is C25H24N2O6S. The van der Waals surface area contributed by atoms with Gasteiger partial charge in [-0.3, -0.25) is 4.79 Å². The van der Waals surface area contributed by atoms with E-state index < -0.39 is 34.3 Å². The van der Waals surface area contributed by atoms with Crippen LogP contribution in [0.1, 0.15) is 28.4 Å². The minimum absolute atomic E-state index is 0.0633. The summed E-state index contributed by atoms with van der Waals surface area (Å²) < 4.78 is 33.0. The number of aromatic hydroxyl groups is 1. The molecule has 0 radical (unpaired) electrons. The Morgan fingerprint density at radius 3 is 2.53 bits per heavy atom. The second-order valence-corrected chi connectivity index (χ2v) is 9.78. The Bertz CT molecular complexity index is 1320. The number of fused-ring (bicyclic) bond motifs is 1. The number of ether oxygens (including phenoxy) is 1. The summed E-state index contributed by atoms with van der Waals surface area (Å²) in [4.78, 5) is 26.7. The summed E-state index contributed by atoms with van der Waals surface area (Å²) in [6, 6.07) is 19.7. The summed E-state index contributed by atoms with van der Waals surface area (Å²) in [6.07, 6.45) is 0.701. The SMILES string of the molecule is C[C@H]1Cc2ccccc2N1C(=O)COC(=O)c1cc(S(=O)(=O)NCc2ccccc2)ccc1O. The van der Waals surface area contributed by atoms with E-state index >= 15 is 0 Å². The van der Waals surface area contributed by atoms with Crippen LogP contribution in [0.5, 0.6) is 5.75 Å². The summed E-state index contributed by atoms with van der Waals surface area (Å²) in [7, 11) is -3.96. The van der Waals surface area contributed by atoms with E-state index in [9.17, 15) is 23.1 Å². The Balaban J connectivity index is 1.44. The molecule has 34 heavy (non-hydrogen) atoms. The van der Waals surface area contributed by atoms with Gasteiger partial charge in [-0.2, -0.15) is 0 Å². The Kier molecular flexibility index (Phi) is 6.67. The Hall–Kier alpha value is -3.69. The van der Waals surface area contributed by atoms with Crippen LogP contribution >= 0.6 is 0 Å². The lowest BCUT2D eigenvalue weighted by atomic mass is 10.1. The third kappa shape index (κ3) is 4.95. The molecule has 1 aliphatic rings. The third-order valence-corrected chi connectivity index (χ3v) is 7.01. The predicted octanol–water partition coefficient (Wildman–Crippen LogP) is 3.01. The van der Waals surface area contributed by atoms with Crippen LogP contribution in [-0.2, 0) is 32.5 Å². The zero-order valence-corrected chi connectivity index (χ0v) is 19.3. The van der Waals surface area contributed by atoms with Gasteiger partial charge in [0.25, 0.3) is 5.91 Å². The van der Waals surface area contributed by atoms with Crippen LogP contribution in [0, 0.1) is 0 Å². The van der Waals surface area contributed by atoms with Gasteiger partial charge in [0.1, 0.15) is 11.3 Å². The first-order chi connectivity index (χ1) is 16.3. The molecule has 0 saturated heterocycles. The van der Waals surface area contributed by atoms with Gasteiger partial charge in [-0.25, -0.2) is 17.9 Å². The quantitative estimate of drug-likeness (QED) is 0.503. The number of benzene rings is 3. The molecule has 3 aromatic rings. The number of hydrogen-bond donors (Lipinski definition) is 2. The van der Waals surface area contributed by atoms with Crippen molar-refractivity contribution in [3.8, 4) is 5.75 Å². The number of esters is 1. The Morgan fingerprint density at radius 1 is 1.06 bits per heavy atom. The molecule has 176 valence electrons. The lowest BCUT2D eigenvalue weighted by Crippen LogP contribution is -2.38. The van der Waals surface area contributed by atoms with Gasteiger partial charge in [-0.05, 0) is 48.7 Å². The molecule has 0 spiro atoms. The maximum Gasteiger partial charge on any atom is 0.342 e. The second-order valence-electron chi connectivity index (χ2n) is 8.01. The molecule has 0 aliphatic carbocycles. The number of sulfonamides is 1. The average Bonchev–Trinajstić information content (AvgIpc) is 3.17. The summed E-state index contributed by atoms with van der Waals surface area (Å²) in [5.74, 6) is -1.84. The fraction of sp³-hybridized carbons (Fsp3) is 0.200. The molecule has 2 N–H and O–H groups in total. The number of carbonyl (C=O) groups is 2. The van der Waals surface area contributed by atoms with E-state index in [0.29, 0.717) is 6.42 Å². The average molecular weight is 481 g/mol. The van der Waals surface area contributed by atoms with Gasteiger partial charge in [-0.1, -0.05) is 48.5 Å². The number of para-hydroxylation sites is 1. The number of phenols is 1. The molecule has 3 aromatic carbocycles. The zero-order valence-electron chi connectivity index (χ0n) is 18.5. The van der Waals surface area contributed by atoms with Crippen molar-refractivity contribution >= 4 is 27.6 Å². The Morgan fingerprint density at radius 2 is 1.76 bits per heavy atom. The van der Waals surface area contributed by atoms with Gasteiger partial charge < -0.3 is 14.7 Å². The Labute approximate surface area is 197 Å². The normalized spacial score (nSPS) is 15.1. The third-order valence-electron chi connectivity index (χ3n) is 5.61. The van der Waals surface area contributed by atoms with Crippen molar-refractivity contribution in [3.63, 3.8) is 0 Å². The van der Waals surface area contributed by atoms with Crippen LogP contribution in [-0.4, -0.2) is 38.0 Å². The van der Waals surface area contributed by atoms with E-state index in [1.807, 2.05) is 37.3 Å². The fourth-order valence-electron chi connectivity index (χ4n) is 3.92. The van der Waals surface area contributed by atoms with E-state index in [-0.39, 0.29) is 23.0 Å². The zero-order chi connectivity index (χ0) is 24.3. The lowest BCUT2D eigenvalue weighted by Gasteiger charge is -2.22. The highest BCUT2D eigenvalue weighted by Crippen LogP contribution is 2.32. The fourth-order valence-corrected chi connectivity index (χ4v) is 4.97. The number of nitrogens with zero attached hydrogens (tertiary/aromatic N) is 1. The van der Waals surface area contributed by atoms with Crippen molar-refractivity contribution in [2.75, 3.05) is 11.5 Å². The van der Waals surface area contributed by atoms with E-state index in [1.165, 1.54) is 6.07 Å². The monoisotopic (exact) mass is 480 g/mol. The van der Waals surface area contributed by atoms with Crippen molar-refractivity contribution in [1.82, 2.24) is 4.72 Å². The van der Waals surface area contributed by atoms with Crippen molar-refractivity contribution < 1.29 is 27.9 Å². The predicted molar refractivity (Wildman–Crippen MR) is 126 cm³/mol. The molecule has 4 rings (SSSR count). The van der Waals surface area contributed by atoms with E-state index in [0.717, 1.165) is 28.9 Å². The van der Waals surface area contributed by atoms with E-state index in [2.05, 4.69) is 4.72 Å². The highest BCUT2D eigenvalue weighted by molar-refractivity contribution is 7.89. The van der Waals surface area contributed by atoms with Crippen LogP contribution in [0.4, 0.5) is 5.69 Å². The van der Waals surface area contributed by atoms with Crippen LogP contribution in [0.15, 0.2) is 77.7 Å². The van der Waals surface area contributed by atoms with Gasteiger partial charge in [0.2, 0.25) is 10.0 Å². The first-order valence-corrected chi connectivity index (χ1v) is 12.2. The van der Waals surface area contributed by atoms with Crippen molar-refractivity contribution in [2.45, 2.75) is 30.8 Å². The second kappa shape index (κ2) is 9.66. The first kappa shape index (κ1) is 23.5. The molecule has 0 fully saturated rings. The van der Waals surface area contributed by atoms with Crippen molar-refractivity contribution in [3.05, 3.63) is 89.5 Å². The number of carbonyl (C=O) groups excluding carboxylic acids is 2. The van der Waals surface area contributed by atoms with Crippen LogP contribution in [0.25, 0.3) is 0 Å². The number of rotatable bonds is 7. The molecule has 0 unspecified atom stereocenters. The molecule has 1 atom stereocenters. The maximum atomic E-state index is 12.8. The standard InChI is InChI=1S/C25H24N2O6S/c1-17-13-19-9-5-6-10-22(19)27(17)24(29)16-33-25(30)21-14-20(11-12-23(21)28)34(31,32)26-15-18-7-3-2-4-8-18/h2-12,14,17,26,28H,13,15-16H2,1H3/t17-/m0/s1. The minimum atomic E-state index is -3.96. The molecule has 1 amide bonds. The first-order valence-electron chi connectivity index (χ1n) is 10.7. The van der Waals surface area contributed by atoms with Crippen molar-refractivity contribution in [1.29, 1.82) is 0 Å². The smallest absolute Gasteiger partial charge is 0.342 e. The number of nitrogens with one attached hydrogen (secondary N) is 1. The van der Waals surface area contributed by atoms with Crippen LogP contribution in [0.2, 0.25) is 0 Å². The highest BCUT2D eigenvalue weighted by atomic mass is 32.2. The molecular weight excluding hydrogens is 456 g/mol. The van der Waals surface area contributed by atoms with Gasteiger partial charge >= 0.3 is 5.97 Å². The van der Waals surface area contributed by atoms with Gasteiger partial charge in [0.15, 0.2) is 6.61 Å². The molecule has 8 nitrogen and oxygen atoms in total. The molecule has 0 aromatic heterocycles. The molecule has 0 bridgehead atoms. The van der Waals surface area contributed by atoms with Crippen LogP contribution in [0.3, 0.4) is 0 Å². The van der Waals surface area contributed by atoms with Gasteiger partial charge in [0.05, 0.1) is 4.90 Å². The molecule has 1 aliphatic heterocycles. The minimum Gasteiger partial charge on any atom is -0.507 e. The largest absolute Gasteiger partial charge is 0.507 e. The van der Waals surface area contributed by atoms with Gasteiger partial charge in [0, 0.05) is 18.3 Å². The van der Waals surface area contributed by atoms with E-state index in [1.54, 1.807) is 29.2 Å². The summed E-state index contributed by atoms with van der Waals surface area (Å²) >= 11 is 0. The maximum absolute atomic E-state index is 12.8. The van der Waals surface area contributed by atoms with Crippen molar-refractivity contribution in [2.24, 2.45) is 0 Å². The molecule has 0 saturated carbocycles. The number of amides is 1. The van der Waals surface area contributed by atoms with Crippen LogP contribution < -0.4 is 9.62 Å². The topological polar surface area (TPSA) is 113 Å².